The molecule has 0 saturated heterocycles. The largest absolute Gasteiger partial charge is 0.490 e. The summed E-state index contributed by atoms with van der Waals surface area (Å²) in [5, 5.41) is 11.8. The number of carbonyl (C=O) groups excluding carboxylic acids is 1. The third kappa shape index (κ3) is 6.49. The lowest BCUT2D eigenvalue weighted by molar-refractivity contribution is -0.142. The topological polar surface area (TPSA) is 84.9 Å². The van der Waals surface area contributed by atoms with E-state index in [0.717, 1.165) is 22.8 Å². The number of benzene rings is 1. The number of fused-ring (bicyclic) bond motifs is 1. The lowest BCUT2D eigenvalue weighted by atomic mass is 10.0. The molecule has 1 aliphatic rings. The smallest absolute Gasteiger partial charge is 0.326 e. The van der Waals surface area contributed by atoms with Crippen molar-refractivity contribution in [3.05, 3.63) is 18.2 Å². The average Bonchev–Trinajstić information content (AvgIpc) is 2.78. The van der Waals surface area contributed by atoms with Crippen molar-refractivity contribution in [1.82, 2.24) is 5.32 Å². The van der Waals surface area contributed by atoms with Gasteiger partial charge in [0.2, 0.25) is 5.91 Å². The first-order valence-electron chi connectivity index (χ1n) is 8.50. The van der Waals surface area contributed by atoms with Gasteiger partial charge in [0.15, 0.2) is 11.5 Å². The third-order valence-electron chi connectivity index (χ3n) is 3.66. The second-order valence-electron chi connectivity index (χ2n) is 6.35. The van der Waals surface area contributed by atoms with Crippen LogP contribution in [0.1, 0.15) is 33.1 Å². The van der Waals surface area contributed by atoms with Crippen LogP contribution in [0.25, 0.3) is 0 Å². The van der Waals surface area contributed by atoms with Crippen LogP contribution in [0.2, 0.25) is 0 Å². The molecule has 7 heteroatoms. The number of ether oxygens (including phenoxy) is 2. The monoisotopic (exact) mass is 367 g/mol. The molecule has 0 saturated carbocycles. The number of rotatable bonds is 8. The molecule has 1 heterocycles. The number of hydrogen-bond acceptors (Lipinski definition) is 5. The summed E-state index contributed by atoms with van der Waals surface area (Å²) in [7, 11) is 0. The van der Waals surface area contributed by atoms with Crippen molar-refractivity contribution >= 4 is 23.6 Å². The first-order chi connectivity index (χ1) is 12.0. The maximum Gasteiger partial charge on any atom is 0.326 e. The second kappa shape index (κ2) is 9.56. The molecule has 1 aliphatic heterocycles. The minimum Gasteiger partial charge on any atom is -0.490 e. The van der Waals surface area contributed by atoms with Gasteiger partial charge in [-0.25, -0.2) is 4.79 Å². The number of amides is 1. The summed E-state index contributed by atoms with van der Waals surface area (Å²) >= 11 is 1.53. The van der Waals surface area contributed by atoms with Crippen LogP contribution < -0.4 is 14.8 Å². The van der Waals surface area contributed by atoms with E-state index in [0.29, 0.717) is 25.4 Å². The molecule has 0 bridgehead atoms. The number of carboxylic acids is 1. The molecule has 6 nitrogen and oxygen atoms in total. The predicted molar refractivity (Wildman–Crippen MR) is 96.4 cm³/mol. The fourth-order valence-corrected chi connectivity index (χ4v) is 3.33. The van der Waals surface area contributed by atoms with Crippen molar-refractivity contribution in [1.29, 1.82) is 0 Å². The zero-order valence-electron chi connectivity index (χ0n) is 14.6. The van der Waals surface area contributed by atoms with Gasteiger partial charge in [0.1, 0.15) is 6.04 Å². The Labute approximate surface area is 152 Å². The van der Waals surface area contributed by atoms with Crippen molar-refractivity contribution in [3.63, 3.8) is 0 Å². The minimum absolute atomic E-state index is 0.206. The second-order valence-corrected chi connectivity index (χ2v) is 7.51. The Kier molecular flexibility index (Phi) is 7.43. The van der Waals surface area contributed by atoms with E-state index >= 15 is 0 Å². The Balaban J connectivity index is 1.80. The maximum atomic E-state index is 12.0. The summed E-state index contributed by atoms with van der Waals surface area (Å²) in [5.74, 6) is 1.02. The quantitative estimate of drug-likeness (QED) is 0.687. The average molecular weight is 367 g/mol. The lowest BCUT2D eigenvalue weighted by Crippen LogP contribution is -2.41. The molecule has 0 fully saturated rings. The van der Waals surface area contributed by atoms with Crippen LogP contribution in [0.3, 0.4) is 0 Å². The fraction of sp³-hybridized carbons (Fsp3) is 0.556. The van der Waals surface area contributed by atoms with Gasteiger partial charge in [0.05, 0.1) is 13.2 Å². The molecule has 1 amide bonds. The van der Waals surface area contributed by atoms with Crippen molar-refractivity contribution in [2.24, 2.45) is 5.92 Å². The number of carbonyl (C=O) groups is 2. The zero-order chi connectivity index (χ0) is 18.2. The normalized spacial score (nSPS) is 14.7. The van der Waals surface area contributed by atoms with Crippen LogP contribution in [-0.4, -0.2) is 42.0 Å². The Morgan fingerprint density at radius 3 is 2.64 bits per heavy atom. The number of thioether (sulfide) groups is 1. The molecule has 0 aromatic heterocycles. The molecular weight excluding hydrogens is 342 g/mol. The Bertz CT molecular complexity index is 605. The first kappa shape index (κ1) is 19.4. The summed E-state index contributed by atoms with van der Waals surface area (Å²) in [4.78, 5) is 24.2. The predicted octanol–water partition coefficient (Wildman–Crippen LogP) is 2.95. The highest BCUT2D eigenvalue weighted by Crippen LogP contribution is 2.34. The number of aliphatic carboxylic acids is 1. The van der Waals surface area contributed by atoms with Crippen LogP contribution in [0.15, 0.2) is 23.1 Å². The highest BCUT2D eigenvalue weighted by atomic mass is 32.2. The van der Waals surface area contributed by atoms with Gasteiger partial charge in [0, 0.05) is 23.5 Å². The van der Waals surface area contributed by atoms with Gasteiger partial charge in [-0.3, -0.25) is 4.79 Å². The van der Waals surface area contributed by atoms with Gasteiger partial charge in [-0.05, 0) is 30.5 Å². The van der Waals surface area contributed by atoms with E-state index in [-0.39, 0.29) is 18.2 Å². The van der Waals surface area contributed by atoms with Gasteiger partial charge in [-0.1, -0.05) is 13.8 Å². The van der Waals surface area contributed by atoms with Crippen LogP contribution in [-0.2, 0) is 9.59 Å². The number of nitrogens with one attached hydrogen (secondary N) is 1. The van der Waals surface area contributed by atoms with E-state index in [4.69, 9.17) is 14.6 Å². The van der Waals surface area contributed by atoms with Gasteiger partial charge < -0.3 is 19.9 Å². The molecule has 138 valence electrons. The van der Waals surface area contributed by atoms with E-state index in [1.807, 2.05) is 32.0 Å². The van der Waals surface area contributed by atoms with E-state index in [1.165, 1.54) is 11.8 Å². The molecule has 0 spiro atoms. The molecule has 1 aromatic rings. The molecule has 2 N–H and O–H groups in total. The Morgan fingerprint density at radius 1 is 1.24 bits per heavy atom. The summed E-state index contributed by atoms with van der Waals surface area (Å²) in [5.41, 5.74) is 0. The minimum atomic E-state index is -0.988. The van der Waals surface area contributed by atoms with Crippen LogP contribution in [0.4, 0.5) is 0 Å². The van der Waals surface area contributed by atoms with Crippen molar-refractivity contribution in [3.8, 4) is 11.5 Å². The summed E-state index contributed by atoms with van der Waals surface area (Å²) in [6.07, 6.45) is 1.55. The summed E-state index contributed by atoms with van der Waals surface area (Å²) < 4.78 is 11.2. The van der Waals surface area contributed by atoms with Gasteiger partial charge in [-0.2, -0.15) is 0 Å². The maximum absolute atomic E-state index is 12.0. The fourth-order valence-electron chi connectivity index (χ4n) is 2.45. The van der Waals surface area contributed by atoms with E-state index in [9.17, 15) is 9.59 Å². The number of carboxylic acid groups (broad SMARTS) is 1. The van der Waals surface area contributed by atoms with Gasteiger partial charge >= 0.3 is 5.97 Å². The molecule has 25 heavy (non-hydrogen) atoms. The third-order valence-corrected chi connectivity index (χ3v) is 4.65. The standard InChI is InChI=1S/C18H25NO5S/c1-12(2)10-14(18(21)22)19-17(20)6-9-25-13-4-5-15-16(11-13)24-8-3-7-23-15/h4-5,11-12,14H,3,6-10H2,1-2H3,(H,19,20)(H,21,22)/t14-/m1/s1. The molecular formula is C18H25NO5S. The van der Waals surface area contributed by atoms with Crippen molar-refractivity contribution < 1.29 is 24.2 Å². The number of hydrogen-bond donors (Lipinski definition) is 2. The molecule has 1 atom stereocenters. The summed E-state index contributed by atoms with van der Waals surface area (Å²) in [6, 6.07) is 4.92. The highest BCUT2D eigenvalue weighted by Gasteiger charge is 2.20. The van der Waals surface area contributed by atoms with E-state index in [1.54, 1.807) is 0 Å². The molecule has 0 radical (unpaired) electrons. The molecule has 0 unspecified atom stereocenters. The zero-order valence-corrected chi connectivity index (χ0v) is 15.4. The Hall–Kier alpha value is -1.89. The van der Waals surface area contributed by atoms with Gasteiger partial charge in [0.25, 0.3) is 0 Å². The first-order valence-corrected chi connectivity index (χ1v) is 9.49. The van der Waals surface area contributed by atoms with Crippen LogP contribution in [0.5, 0.6) is 11.5 Å². The molecule has 0 aliphatic carbocycles. The highest BCUT2D eigenvalue weighted by molar-refractivity contribution is 7.99. The molecule has 2 rings (SSSR count). The van der Waals surface area contributed by atoms with Crippen LogP contribution >= 0.6 is 11.8 Å². The van der Waals surface area contributed by atoms with Gasteiger partial charge in [-0.15, -0.1) is 11.8 Å². The van der Waals surface area contributed by atoms with E-state index < -0.39 is 12.0 Å². The Morgan fingerprint density at radius 2 is 1.96 bits per heavy atom. The van der Waals surface area contributed by atoms with Crippen molar-refractivity contribution in [2.75, 3.05) is 19.0 Å². The van der Waals surface area contributed by atoms with Crippen molar-refractivity contribution in [2.45, 2.75) is 44.0 Å². The SMILES string of the molecule is CC(C)C[C@@H](NC(=O)CCSc1ccc2c(c1)OCCCO2)C(=O)O. The van der Waals surface area contributed by atoms with E-state index in [2.05, 4.69) is 5.32 Å². The lowest BCUT2D eigenvalue weighted by Gasteiger charge is -2.16. The van der Waals surface area contributed by atoms with Crippen LogP contribution in [0, 0.1) is 5.92 Å². The molecule has 1 aromatic carbocycles. The summed E-state index contributed by atoms with van der Waals surface area (Å²) in [6.45, 7) is 5.15.